The third kappa shape index (κ3) is 17.1. The first kappa shape index (κ1) is 31.6. The van der Waals surface area contributed by atoms with Crippen molar-refractivity contribution in [3.8, 4) is 0 Å². The van der Waals surface area contributed by atoms with E-state index in [9.17, 15) is 34.2 Å². The van der Waals surface area contributed by atoms with E-state index in [1.807, 2.05) is 13.2 Å². The first-order valence-corrected chi connectivity index (χ1v) is 12.6. The molecule has 3 amide bonds. The first-order chi connectivity index (χ1) is 16.2. The Bertz CT molecular complexity index is 649. The molecule has 5 N–H and O–H groups in total. The van der Waals surface area contributed by atoms with Crippen LogP contribution in [0.15, 0.2) is 0 Å². The lowest BCUT2D eigenvalue weighted by molar-refractivity contribution is -0.143. The first-order valence-electron chi connectivity index (χ1n) is 11.2. The Labute approximate surface area is 203 Å². The maximum absolute atomic E-state index is 12.1. The van der Waals surface area contributed by atoms with E-state index in [0.29, 0.717) is 26.2 Å². The zero-order valence-electron chi connectivity index (χ0n) is 19.8. The van der Waals surface area contributed by atoms with Crippen LogP contribution in [0.3, 0.4) is 0 Å². The monoisotopic (exact) mass is 507 g/mol. The van der Waals surface area contributed by atoms with E-state index in [1.54, 1.807) is 11.8 Å². The van der Waals surface area contributed by atoms with E-state index >= 15 is 0 Å². The number of nitrogens with one attached hydrogen (secondary N) is 3. The summed E-state index contributed by atoms with van der Waals surface area (Å²) in [5, 5.41) is 25.8. The standard InChI is InChI=1S/C21H37N3O9S/c1-3-32-12-13-33-11-10-22-17(25)8-6-15(20(28)29)24-19(27)9-7-16(21(30)31)23-18(26)5-4-14-34-2/h15-16H,3-14H2,1-2H3,(H,22,25)(H,23,26)(H,24,27)(H,28,29)(H,30,31). The molecule has 34 heavy (non-hydrogen) atoms. The molecule has 0 aromatic rings. The van der Waals surface area contributed by atoms with Crippen LogP contribution in [0, 0.1) is 0 Å². The highest BCUT2D eigenvalue weighted by molar-refractivity contribution is 7.98. The Morgan fingerprint density at radius 3 is 1.85 bits per heavy atom. The zero-order chi connectivity index (χ0) is 25.8. The summed E-state index contributed by atoms with van der Waals surface area (Å²) >= 11 is 1.57. The van der Waals surface area contributed by atoms with Crippen molar-refractivity contribution in [2.45, 2.75) is 57.5 Å². The molecule has 0 bridgehead atoms. The SMILES string of the molecule is CCOCCOCCNC(=O)CCC(NC(=O)CCC(NC(=O)CCCSC)C(=O)O)C(=O)O. The zero-order valence-corrected chi connectivity index (χ0v) is 20.6. The van der Waals surface area contributed by atoms with Crippen molar-refractivity contribution < 1.29 is 43.7 Å². The normalized spacial score (nSPS) is 12.4. The number of rotatable bonds is 21. The molecular formula is C21H37N3O9S. The summed E-state index contributed by atoms with van der Waals surface area (Å²) in [6.45, 7) is 3.88. The quantitative estimate of drug-likeness (QED) is 0.133. The van der Waals surface area contributed by atoms with Gasteiger partial charge >= 0.3 is 11.9 Å². The third-order valence-corrected chi connectivity index (χ3v) is 5.18. The van der Waals surface area contributed by atoms with Crippen molar-refractivity contribution in [1.29, 1.82) is 0 Å². The topological polar surface area (TPSA) is 180 Å². The molecule has 0 saturated heterocycles. The number of carboxylic acid groups (broad SMARTS) is 2. The molecule has 0 fully saturated rings. The van der Waals surface area contributed by atoms with Crippen molar-refractivity contribution in [3.63, 3.8) is 0 Å². The summed E-state index contributed by atoms with van der Waals surface area (Å²) in [4.78, 5) is 58.6. The number of aliphatic carboxylic acids is 2. The summed E-state index contributed by atoms with van der Waals surface area (Å²) in [5.74, 6) is -3.31. The molecule has 0 rings (SSSR count). The Morgan fingerprint density at radius 1 is 0.794 bits per heavy atom. The summed E-state index contributed by atoms with van der Waals surface area (Å²) in [5.41, 5.74) is 0. The van der Waals surface area contributed by atoms with Gasteiger partial charge in [0.15, 0.2) is 0 Å². The van der Waals surface area contributed by atoms with E-state index in [0.717, 1.165) is 5.75 Å². The Hall–Kier alpha value is -2.38. The van der Waals surface area contributed by atoms with Gasteiger partial charge in [0.2, 0.25) is 17.7 Å². The molecule has 0 saturated carbocycles. The fourth-order valence-electron chi connectivity index (χ4n) is 2.69. The lowest BCUT2D eigenvalue weighted by atomic mass is 10.1. The average Bonchev–Trinajstić information content (AvgIpc) is 2.78. The molecule has 0 heterocycles. The van der Waals surface area contributed by atoms with Gasteiger partial charge in [0.25, 0.3) is 0 Å². The van der Waals surface area contributed by atoms with E-state index < -0.39 is 35.8 Å². The number of hydrogen-bond acceptors (Lipinski definition) is 8. The number of thioether (sulfide) groups is 1. The van der Waals surface area contributed by atoms with Gasteiger partial charge in [-0.25, -0.2) is 9.59 Å². The smallest absolute Gasteiger partial charge is 0.326 e. The predicted octanol–water partition coefficient (Wildman–Crippen LogP) is -0.00190. The molecule has 196 valence electrons. The van der Waals surface area contributed by atoms with Crippen LogP contribution in [0.4, 0.5) is 0 Å². The summed E-state index contributed by atoms with van der Waals surface area (Å²) in [6.07, 6.45) is 1.94. The second-order valence-electron chi connectivity index (χ2n) is 7.25. The highest BCUT2D eigenvalue weighted by atomic mass is 32.2. The van der Waals surface area contributed by atoms with Gasteiger partial charge in [-0.05, 0) is 38.2 Å². The molecule has 12 nitrogen and oxygen atoms in total. The predicted molar refractivity (Wildman–Crippen MR) is 126 cm³/mol. The van der Waals surface area contributed by atoms with Crippen molar-refractivity contribution >= 4 is 41.4 Å². The molecule has 13 heteroatoms. The molecule has 0 aromatic heterocycles. The lowest BCUT2D eigenvalue weighted by Crippen LogP contribution is -2.44. The van der Waals surface area contributed by atoms with Crippen LogP contribution in [-0.4, -0.2) is 96.9 Å². The minimum Gasteiger partial charge on any atom is -0.480 e. The third-order valence-electron chi connectivity index (χ3n) is 4.48. The summed E-state index contributed by atoms with van der Waals surface area (Å²) in [6, 6.07) is -2.55. The second kappa shape index (κ2) is 20.0. The minimum atomic E-state index is -1.31. The van der Waals surface area contributed by atoms with Crippen LogP contribution in [0.1, 0.15) is 45.4 Å². The van der Waals surface area contributed by atoms with E-state index in [1.165, 1.54) is 0 Å². The number of ether oxygens (including phenoxy) is 2. The summed E-state index contributed by atoms with van der Waals surface area (Å²) in [7, 11) is 0. The van der Waals surface area contributed by atoms with E-state index in [4.69, 9.17) is 9.47 Å². The second-order valence-corrected chi connectivity index (χ2v) is 8.24. The van der Waals surface area contributed by atoms with Crippen molar-refractivity contribution in [2.24, 2.45) is 0 Å². The highest BCUT2D eigenvalue weighted by Crippen LogP contribution is 2.04. The molecule has 0 spiro atoms. The van der Waals surface area contributed by atoms with Crippen molar-refractivity contribution in [2.75, 3.05) is 45.0 Å². The number of hydrogen-bond donors (Lipinski definition) is 5. The van der Waals surface area contributed by atoms with Gasteiger partial charge in [-0.1, -0.05) is 0 Å². The van der Waals surface area contributed by atoms with Gasteiger partial charge in [-0.3, -0.25) is 14.4 Å². The molecule has 0 aliphatic rings. The Morgan fingerprint density at radius 2 is 1.32 bits per heavy atom. The van der Waals surface area contributed by atoms with Crippen LogP contribution in [0.25, 0.3) is 0 Å². The maximum Gasteiger partial charge on any atom is 0.326 e. The number of carbonyl (C=O) groups is 5. The van der Waals surface area contributed by atoms with Gasteiger partial charge in [0.1, 0.15) is 12.1 Å². The van der Waals surface area contributed by atoms with Crippen LogP contribution in [0.2, 0.25) is 0 Å². The fraction of sp³-hybridized carbons (Fsp3) is 0.762. The number of amides is 3. The van der Waals surface area contributed by atoms with Crippen LogP contribution in [-0.2, 0) is 33.4 Å². The van der Waals surface area contributed by atoms with E-state index in [-0.39, 0.29) is 51.2 Å². The molecule has 0 radical (unpaired) electrons. The molecular weight excluding hydrogens is 470 g/mol. The Balaban J connectivity index is 4.33. The van der Waals surface area contributed by atoms with Crippen molar-refractivity contribution in [3.05, 3.63) is 0 Å². The van der Waals surface area contributed by atoms with Gasteiger partial charge in [0.05, 0.1) is 19.8 Å². The largest absolute Gasteiger partial charge is 0.480 e. The molecule has 2 unspecified atom stereocenters. The number of carbonyl (C=O) groups excluding carboxylic acids is 3. The van der Waals surface area contributed by atoms with Crippen LogP contribution >= 0.6 is 11.8 Å². The van der Waals surface area contributed by atoms with Gasteiger partial charge in [0, 0.05) is 32.4 Å². The average molecular weight is 508 g/mol. The summed E-state index contributed by atoms with van der Waals surface area (Å²) < 4.78 is 10.4. The minimum absolute atomic E-state index is 0.125. The molecule has 0 aliphatic carbocycles. The van der Waals surface area contributed by atoms with Gasteiger partial charge < -0.3 is 35.6 Å². The van der Waals surface area contributed by atoms with Crippen molar-refractivity contribution in [1.82, 2.24) is 16.0 Å². The highest BCUT2D eigenvalue weighted by Gasteiger charge is 2.24. The Kier molecular flexibility index (Phi) is 18.6. The van der Waals surface area contributed by atoms with E-state index in [2.05, 4.69) is 16.0 Å². The van der Waals surface area contributed by atoms with Crippen LogP contribution in [0.5, 0.6) is 0 Å². The van der Waals surface area contributed by atoms with Crippen LogP contribution < -0.4 is 16.0 Å². The molecule has 0 aromatic carbocycles. The molecule has 0 aliphatic heterocycles. The lowest BCUT2D eigenvalue weighted by Gasteiger charge is -2.17. The molecule has 2 atom stereocenters. The fourth-order valence-corrected chi connectivity index (χ4v) is 3.12. The van der Waals surface area contributed by atoms with Gasteiger partial charge in [-0.2, -0.15) is 11.8 Å². The van der Waals surface area contributed by atoms with Gasteiger partial charge in [-0.15, -0.1) is 0 Å². The maximum atomic E-state index is 12.1. The number of carboxylic acids is 2.